The molecule has 0 radical (unpaired) electrons. The quantitative estimate of drug-likeness (QED) is 0.644. The van der Waals surface area contributed by atoms with Crippen molar-refractivity contribution >= 4 is 35.6 Å². The smallest absolute Gasteiger partial charge is 0.271 e. The van der Waals surface area contributed by atoms with Gasteiger partial charge in [-0.3, -0.25) is 14.9 Å². The van der Waals surface area contributed by atoms with E-state index in [0.29, 0.717) is 6.54 Å². The van der Waals surface area contributed by atoms with Crippen LogP contribution in [0.1, 0.15) is 36.5 Å². The van der Waals surface area contributed by atoms with Gasteiger partial charge in [0.05, 0.1) is 4.92 Å². The molecule has 0 spiro atoms. The van der Waals surface area contributed by atoms with Gasteiger partial charge in [-0.1, -0.05) is 18.5 Å². The molecule has 1 amide bonds. The number of nitro benzene ring substituents is 1. The lowest BCUT2D eigenvalue weighted by atomic mass is 10.0. The van der Waals surface area contributed by atoms with Crippen LogP contribution in [0.25, 0.3) is 0 Å². The van der Waals surface area contributed by atoms with Crippen molar-refractivity contribution in [1.82, 2.24) is 10.2 Å². The van der Waals surface area contributed by atoms with E-state index in [0.717, 1.165) is 32.4 Å². The zero-order valence-corrected chi connectivity index (χ0v) is 14.5. The molecule has 128 valence electrons. The molecule has 0 aliphatic carbocycles. The van der Waals surface area contributed by atoms with Gasteiger partial charge in [-0.25, -0.2) is 0 Å². The molecule has 1 fully saturated rings. The number of benzene rings is 1. The maximum atomic E-state index is 12.8. The number of rotatable bonds is 5. The minimum absolute atomic E-state index is 0. The molecule has 1 heterocycles. The summed E-state index contributed by atoms with van der Waals surface area (Å²) in [6.45, 7) is 4.42. The summed E-state index contributed by atoms with van der Waals surface area (Å²) < 4.78 is 0. The number of nitro groups is 1. The monoisotopic (exact) mass is 361 g/mol. The van der Waals surface area contributed by atoms with Crippen LogP contribution < -0.4 is 5.32 Å². The molecular formula is C15H21Cl2N3O3. The van der Waals surface area contributed by atoms with Crippen molar-refractivity contribution in [2.75, 3.05) is 19.6 Å². The molecule has 8 heteroatoms. The van der Waals surface area contributed by atoms with Gasteiger partial charge < -0.3 is 10.2 Å². The first-order valence-electron chi connectivity index (χ1n) is 7.49. The fourth-order valence-electron chi connectivity index (χ4n) is 2.78. The zero-order chi connectivity index (χ0) is 16.1. The summed E-state index contributed by atoms with van der Waals surface area (Å²) in [4.78, 5) is 25.0. The largest absolute Gasteiger partial charge is 0.336 e. The summed E-state index contributed by atoms with van der Waals surface area (Å²) >= 11 is 5.92. The number of carbonyl (C=O) groups excluding carboxylic acids is 1. The third kappa shape index (κ3) is 5.06. The Balaban J connectivity index is 0.00000264. The maximum Gasteiger partial charge on any atom is 0.271 e. The molecule has 6 nitrogen and oxygen atoms in total. The zero-order valence-electron chi connectivity index (χ0n) is 13.0. The van der Waals surface area contributed by atoms with Crippen LogP contribution in [0.3, 0.4) is 0 Å². The van der Waals surface area contributed by atoms with Crippen molar-refractivity contribution in [3.63, 3.8) is 0 Å². The number of halogens is 2. The fourth-order valence-corrected chi connectivity index (χ4v) is 3.01. The predicted molar refractivity (Wildman–Crippen MR) is 92.6 cm³/mol. The number of nitrogens with one attached hydrogen (secondary N) is 1. The van der Waals surface area contributed by atoms with Gasteiger partial charge in [-0.2, -0.15) is 0 Å². The van der Waals surface area contributed by atoms with Crippen LogP contribution in [0.5, 0.6) is 0 Å². The van der Waals surface area contributed by atoms with Crippen LogP contribution in [-0.4, -0.2) is 41.4 Å². The lowest BCUT2D eigenvalue weighted by molar-refractivity contribution is -0.384. The summed E-state index contributed by atoms with van der Waals surface area (Å²) in [7, 11) is 0. The van der Waals surface area contributed by atoms with Crippen molar-refractivity contribution < 1.29 is 9.72 Å². The highest BCUT2D eigenvalue weighted by atomic mass is 35.5. The Kier molecular flexibility index (Phi) is 7.75. The molecule has 1 saturated heterocycles. The molecule has 0 unspecified atom stereocenters. The van der Waals surface area contributed by atoms with Gasteiger partial charge in [-0.05, 0) is 38.4 Å². The fraction of sp³-hybridized carbons (Fsp3) is 0.533. The first kappa shape index (κ1) is 19.7. The molecule has 0 saturated carbocycles. The molecule has 1 aliphatic heterocycles. The predicted octanol–water partition coefficient (Wildman–Crippen LogP) is 3.27. The van der Waals surface area contributed by atoms with Crippen molar-refractivity contribution in [3.05, 3.63) is 38.9 Å². The second kappa shape index (κ2) is 9.05. The second-order valence-corrected chi connectivity index (χ2v) is 5.87. The number of non-ortho nitro benzene ring substituents is 1. The van der Waals surface area contributed by atoms with E-state index in [2.05, 4.69) is 5.32 Å². The maximum absolute atomic E-state index is 12.8. The Morgan fingerprint density at radius 3 is 2.61 bits per heavy atom. The van der Waals surface area contributed by atoms with E-state index in [4.69, 9.17) is 11.6 Å². The third-order valence-electron chi connectivity index (χ3n) is 3.82. The van der Waals surface area contributed by atoms with Gasteiger partial charge in [0.1, 0.15) is 0 Å². The molecule has 0 aromatic heterocycles. The number of amides is 1. The molecule has 1 aromatic rings. The van der Waals surface area contributed by atoms with Gasteiger partial charge in [0, 0.05) is 35.3 Å². The molecular weight excluding hydrogens is 341 g/mol. The van der Waals surface area contributed by atoms with E-state index in [1.54, 1.807) is 0 Å². The minimum atomic E-state index is -0.530. The van der Waals surface area contributed by atoms with Crippen molar-refractivity contribution in [3.8, 4) is 0 Å². The lowest BCUT2D eigenvalue weighted by Crippen LogP contribution is -2.46. The van der Waals surface area contributed by atoms with E-state index in [1.165, 1.54) is 18.2 Å². The second-order valence-electron chi connectivity index (χ2n) is 5.43. The summed E-state index contributed by atoms with van der Waals surface area (Å²) in [6, 6.07) is 4.23. The van der Waals surface area contributed by atoms with Crippen LogP contribution >= 0.6 is 24.0 Å². The molecule has 1 N–H and O–H groups in total. The summed E-state index contributed by atoms with van der Waals surface area (Å²) in [5, 5.41) is 14.4. The molecule has 23 heavy (non-hydrogen) atoms. The Labute approximate surface area is 146 Å². The topological polar surface area (TPSA) is 75.5 Å². The lowest BCUT2D eigenvalue weighted by Gasteiger charge is -2.34. The van der Waals surface area contributed by atoms with Crippen LogP contribution in [-0.2, 0) is 0 Å². The van der Waals surface area contributed by atoms with E-state index < -0.39 is 4.92 Å². The van der Waals surface area contributed by atoms with E-state index >= 15 is 0 Å². The van der Waals surface area contributed by atoms with Gasteiger partial charge in [-0.15, -0.1) is 12.4 Å². The first-order valence-corrected chi connectivity index (χ1v) is 7.87. The minimum Gasteiger partial charge on any atom is -0.336 e. The Hall–Kier alpha value is -1.37. The summed E-state index contributed by atoms with van der Waals surface area (Å²) in [5.41, 5.74) is 0.129. The Bertz CT molecular complexity index is 563. The number of piperidine rings is 1. The summed E-state index contributed by atoms with van der Waals surface area (Å²) in [6.07, 6.45) is 2.64. The first-order chi connectivity index (χ1) is 10.5. The Morgan fingerprint density at radius 2 is 2.04 bits per heavy atom. The highest BCUT2D eigenvalue weighted by molar-refractivity contribution is 6.31. The molecule has 2 rings (SSSR count). The van der Waals surface area contributed by atoms with Crippen molar-refractivity contribution in [1.29, 1.82) is 0 Å². The van der Waals surface area contributed by atoms with Crippen LogP contribution in [0.4, 0.5) is 5.69 Å². The highest BCUT2D eigenvalue weighted by Gasteiger charge is 2.26. The van der Waals surface area contributed by atoms with E-state index in [-0.39, 0.29) is 40.6 Å². The number of hydrogen-bond acceptors (Lipinski definition) is 4. The van der Waals surface area contributed by atoms with Crippen molar-refractivity contribution in [2.45, 2.75) is 32.2 Å². The SMILES string of the molecule is CCCN(C(=O)c1cc(Cl)cc([N+](=O)[O-])c1)C1CCNCC1.Cl. The normalized spacial score (nSPS) is 14.9. The molecule has 1 aliphatic rings. The van der Waals surface area contributed by atoms with Gasteiger partial charge in [0.2, 0.25) is 0 Å². The number of nitrogens with zero attached hydrogens (tertiary/aromatic N) is 2. The van der Waals surface area contributed by atoms with Gasteiger partial charge >= 0.3 is 0 Å². The number of hydrogen-bond donors (Lipinski definition) is 1. The molecule has 0 bridgehead atoms. The summed E-state index contributed by atoms with van der Waals surface area (Å²) in [5.74, 6) is -0.181. The average Bonchev–Trinajstić information content (AvgIpc) is 2.52. The molecule has 1 aromatic carbocycles. The van der Waals surface area contributed by atoms with Crippen molar-refractivity contribution in [2.24, 2.45) is 0 Å². The molecule has 0 atom stereocenters. The van der Waals surface area contributed by atoms with Crippen LogP contribution in [0, 0.1) is 10.1 Å². The third-order valence-corrected chi connectivity index (χ3v) is 4.03. The van der Waals surface area contributed by atoms with E-state index in [9.17, 15) is 14.9 Å². The Morgan fingerprint density at radius 1 is 1.39 bits per heavy atom. The highest BCUT2D eigenvalue weighted by Crippen LogP contribution is 2.24. The van der Waals surface area contributed by atoms with Gasteiger partial charge in [0.15, 0.2) is 0 Å². The van der Waals surface area contributed by atoms with Crippen LogP contribution in [0.15, 0.2) is 18.2 Å². The van der Waals surface area contributed by atoms with Crippen LogP contribution in [0.2, 0.25) is 5.02 Å². The standard InChI is InChI=1S/C15H20ClN3O3.ClH/c1-2-7-18(13-3-5-17-6-4-13)15(20)11-8-12(16)10-14(9-11)19(21)22;/h8-10,13,17H,2-7H2,1H3;1H. The van der Waals surface area contributed by atoms with Gasteiger partial charge in [0.25, 0.3) is 11.6 Å². The number of carbonyl (C=O) groups is 1. The average molecular weight is 362 g/mol. The van der Waals surface area contributed by atoms with E-state index in [1.807, 2.05) is 11.8 Å².